The molecule has 0 saturated carbocycles. The number of ketones is 1. The van der Waals surface area contributed by atoms with Gasteiger partial charge in [0.1, 0.15) is 17.3 Å². The Labute approximate surface area is 201 Å². The van der Waals surface area contributed by atoms with E-state index in [9.17, 15) is 23.9 Å². The zero-order chi connectivity index (χ0) is 25.1. The Kier molecular flexibility index (Phi) is 6.99. The van der Waals surface area contributed by atoms with Gasteiger partial charge in [0.05, 0.1) is 30.9 Å². The van der Waals surface area contributed by atoms with E-state index in [4.69, 9.17) is 9.47 Å². The maximum atomic E-state index is 14.0. The van der Waals surface area contributed by atoms with Crippen LogP contribution in [0.2, 0.25) is 0 Å². The second kappa shape index (κ2) is 10.1. The van der Waals surface area contributed by atoms with Gasteiger partial charge in [-0.15, -0.1) is 0 Å². The van der Waals surface area contributed by atoms with Gasteiger partial charge < -0.3 is 24.4 Å². The van der Waals surface area contributed by atoms with E-state index in [1.165, 1.54) is 36.5 Å². The van der Waals surface area contributed by atoms with Crippen LogP contribution in [0.25, 0.3) is 5.76 Å². The van der Waals surface area contributed by atoms with Gasteiger partial charge >= 0.3 is 6.09 Å². The lowest BCUT2D eigenvalue weighted by Gasteiger charge is -2.38. The third kappa shape index (κ3) is 4.55. The zero-order valence-corrected chi connectivity index (χ0v) is 19.4. The van der Waals surface area contributed by atoms with Crippen LogP contribution in [0.1, 0.15) is 36.9 Å². The predicted molar refractivity (Wildman–Crippen MR) is 123 cm³/mol. The van der Waals surface area contributed by atoms with Gasteiger partial charge in [-0.25, -0.2) is 9.18 Å². The number of benzene rings is 1. The maximum Gasteiger partial charge on any atom is 0.409 e. The highest BCUT2D eigenvalue weighted by Gasteiger charge is 2.49. The number of pyridine rings is 1. The topological polar surface area (TPSA) is 109 Å². The van der Waals surface area contributed by atoms with Gasteiger partial charge in [-0.1, -0.05) is 0 Å². The quantitative estimate of drug-likeness (QED) is 0.395. The van der Waals surface area contributed by atoms with Crippen molar-refractivity contribution in [2.75, 3.05) is 26.8 Å². The normalized spacial score (nSPS) is 20.3. The first-order valence-electron chi connectivity index (χ1n) is 11.3. The van der Waals surface area contributed by atoms with E-state index in [-0.39, 0.29) is 29.5 Å². The largest absolute Gasteiger partial charge is 0.507 e. The van der Waals surface area contributed by atoms with Crippen LogP contribution in [0.5, 0.6) is 5.75 Å². The van der Waals surface area contributed by atoms with Crippen molar-refractivity contribution in [3.05, 3.63) is 65.2 Å². The number of halogens is 1. The number of hydrogen-bond acceptors (Lipinski definition) is 7. The molecule has 1 aromatic heterocycles. The number of ether oxygens (including phenoxy) is 2. The number of aliphatic hydroxyl groups is 1. The molecule has 0 aliphatic carbocycles. The molecule has 2 fully saturated rings. The first kappa shape index (κ1) is 24.2. The van der Waals surface area contributed by atoms with Crippen LogP contribution < -0.4 is 4.74 Å². The van der Waals surface area contributed by atoms with Crippen molar-refractivity contribution in [1.82, 2.24) is 14.8 Å². The van der Waals surface area contributed by atoms with Gasteiger partial charge in [0, 0.05) is 31.5 Å². The second-order valence-corrected chi connectivity index (χ2v) is 8.25. The average Bonchev–Trinajstić information content (AvgIpc) is 3.14. The van der Waals surface area contributed by atoms with Crippen molar-refractivity contribution in [2.45, 2.75) is 31.8 Å². The Morgan fingerprint density at radius 1 is 1.17 bits per heavy atom. The molecule has 10 heteroatoms. The van der Waals surface area contributed by atoms with E-state index in [1.807, 2.05) is 0 Å². The van der Waals surface area contributed by atoms with Crippen molar-refractivity contribution < 1.29 is 33.4 Å². The fourth-order valence-corrected chi connectivity index (χ4v) is 4.65. The van der Waals surface area contributed by atoms with Crippen molar-refractivity contribution in [2.24, 2.45) is 0 Å². The summed E-state index contributed by atoms with van der Waals surface area (Å²) in [5.41, 5.74) is 0.392. The van der Waals surface area contributed by atoms with Crippen LogP contribution in [0.4, 0.5) is 9.18 Å². The van der Waals surface area contributed by atoms with E-state index >= 15 is 0 Å². The molecule has 184 valence electrons. The third-order valence-electron chi connectivity index (χ3n) is 6.30. The van der Waals surface area contributed by atoms with E-state index in [2.05, 4.69) is 4.98 Å². The maximum absolute atomic E-state index is 14.0. The minimum Gasteiger partial charge on any atom is -0.507 e. The Balaban J connectivity index is 1.76. The number of carbonyl (C=O) groups excluding carboxylic acids is 3. The number of hydrogen-bond donors (Lipinski definition) is 1. The van der Waals surface area contributed by atoms with E-state index < -0.39 is 35.4 Å². The monoisotopic (exact) mass is 483 g/mol. The molecule has 2 aromatic rings. The summed E-state index contributed by atoms with van der Waals surface area (Å²) in [5.74, 6) is -2.63. The number of piperidine rings is 1. The van der Waals surface area contributed by atoms with Crippen molar-refractivity contribution in [3.8, 4) is 5.75 Å². The van der Waals surface area contributed by atoms with E-state index in [0.717, 1.165) is 6.07 Å². The Bertz CT molecular complexity index is 1160. The molecule has 2 saturated heterocycles. The fraction of sp³-hybridized carbons (Fsp3) is 0.360. The van der Waals surface area contributed by atoms with Gasteiger partial charge in [-0.05, 0) is 55.7 Å². The molecule has 0 radical (unpaired) electrons. The summed E-state index contributed by atoms with van der Waals surface area (Å²) in [6, 6.07) is 5.61. The van der Waals surface area contributed by atoms with Crippen molar-refractivity contribution >= 4 is 23.5 Å². The van der Waals surface area contributed by atoms with Crippen molar-refractivity contribution in [1.29, 1.82) is 0 Å². The summed E-state index contributed by atoms with van der Waals surface area (Å²) in [7, 11) is 1.36. The molecule has 3 heterocycles. The SMILES string of the molecule is CCOC(=O)N1CCC(N2C(=O)C(=O)/C(=C(/O)c3cc(F)ccc3OC)C2c2ccncc2)CC1. The van der Waals surface area contributed by atoms with Gasteiger partial charge in [0.15, 0.2) is 0 Å². The summed E-state index contributed by atoms with van der Waals surface area (Å²) in [6.45, 7) is 2.70. The molecule has 2 amide bonds. The first-order valence-corrected chi connectivity index (χ1v) is 11.3. The summed E-state index contributed by atoms with van der Waals surface area (Å²) in [4.78, 5) is 45.7. The summed E-state index contributed by atoms with van der Waals surface area (Å²) in [6.07, 6.45) is 3.49. The van der Waals surface area contributed by atoms with Crippen LogP contribution in [0.15, 0.2) is 48.3 Å². The third-order valence-corrected chi connectivity index (χ3v) is 6.30. The zero-order valence-electron chi connectivity index (χ0n) is 19.4. The van der Waals surface area contributed by atoms with Gasteiger partial charge in [-0.2, -0.15) is 0 Å². The van der Waals surface area contributed by atoms with E-state index in [1.54, 1.807) is 24.0 Å². The smallest absolute Gasteiger partial charge is 0.409 e. The average molecular weight is 483 g/mol. The van der Waals surface area contributed by atoms with Crippen LogP contribution in [0, 0.1) is 5.82 Å². The second-order valence-electron chi connectivity index (χ2n) is 8.25. The molecule has 0 bridgehead atoms. The number of carbonyl (C=O) groups is 3. The minimum atomic E-state index is -0.912. The molecule has 1 unspecified atom stereocenters. The molecule has 1 N–H and O–H groups in total. The highest BCUT2D eigenvalue weighted by Crippen LogP contribution is 2.43. The van der Waals surface area contributed by atoms with Crippen LogP contribution >= 0.6 is 0 Å². The molecule has 35 heavy (non-hydrogen) atoms. The summed E-state index contributed by atoms with van der Waals surface area (Å²) < 4.78 is 24.4. The van der Waals surface area contributed by atoms with Gasteiger partial charge in [0.2, 0.25) is 0 Å². The molecule has 4 rings (SSSR count). The predicted octanol–water partition coefficient (Wildman–Crippen LogP) is 3.27. The Morgan fingerprint density at radius 3 is 2.49 bits per heavy atom. The molecular formula is C25H26FN3O6. The number of methoxy groups -OCH3 is 1. The molecular weight excluding hydrogens is 457 g/mol. The fourth-order valence-electron chi connectivity index (χ4n) is 4.65. The van der Waals surface area contributed by atoms with E-state index in [0.29, 0.717) is 31.5 Å². The lowest BCUT2D eigenvalue weighted by atomic mass is 9.94. The van der Waals surface area contributed by atoms with Crippen LogP contribution in [-0.4, -0.2) is 70.5 Å². The number of likely N-dealkylation sites (tertiary alicyclic amines) is 2. The van der Waals surface area contributed by atoms with Crippen LogP contribution in [-0.2, 0) is 14.3 Å². The minimum absolute atomic E-state index is 0.0262. The van der Waals surface area contributed by atoms with Crippen molar-refractivity contribution in [3.63, 3.8) is 0 Å². The number of aromatic nitrogens is 1. The molecule has 1 aromatic carbocycles. The number of rotatable bonds is 5. The Hall–Kier alpha value is -3.95. The molecule has 1 atom stereocenters. The lowest BCUT2D eigenvalue weighted by molar-refractivity contribution is -0.142. The van der Waals surface area contributed by atoms with Crippen LogP contribution in [0.3, 0.4) is 0 Å². The highest BCUT2D eigenvalue weighted by molar-refractivity contribution is 6.46. The molecule has 9 nitrogen and oxygen atoms in total. The highest BCUT2D eigenvalue weighted by atomic mass is 19.1. The first-order chi connectivity index (χ1) is 16.9. The number of nitrogens with zero attached hydrogens (tertiary/aromatic N) is 3. The number of amides is 2. The Morgan fingerprint density at radius 2 is 1.86 bits per heavy atom. The summed E-state index contributed by atoms with van der Waals surface area (Å²) in [5, 5.41) is 11.2. The standard InChI is InChI=1S/C25H26FN3O6/c1-3-35-25(33)28-12-8-17(9-13-28)29-21(15-6-10-27-11-7-15)20(23(31)24(29)32)22(30)18-14-16(26)4-5-19(18)34-2/h4-7,10-11,14,17,21,30H,3,8-9,12-13H2,1-2H3/b22-20+. The summed E-state index contributed by atoms with van der Waals surface area (Å²) >= 11 is 0. The molecule has 0 spiro atoms. The molecule has 2 aliphatic rings. The van der Waals surface area contributed by atoms with Gasteiger partial charge in [0.25, 0.3) is 11.7 Å². The molecule has 2 aliphatic heterocycles. The van der Waals surface area contributed by atoms with Gasteiger partial charge in [-0.3, -0.25) is 14.6 Å². The number of aliphatic hydroxyl groups excluding tert-OH is 1. The lowest BCUT2D eigenvalue weighted by Crippen LogP contribution is -2.48. The number of Topliss-reactive ketones (excluding diaryl/α,β-unsaturated/α-hetero) is 1.